The van der Waals surface area contributed by atoms with Gasteiger partial charge < -0.3 is 15.7 Å². The van der Waals surface area contributed by atoms with Gasteiger partial charge in [0.15, 0.2) is 0 Å². The van der Waals surface area contributed by atoms with Crippen LogP contribution >= 0.6 is 0 Å². The molecule has 0 radical (unpaired) electrons. The number of amides is 1. The van der Waals surface area contributed by atoms with Crippen molar-refractivity contribution in [3.05, 3.63) is 62.4 Å². The standard InChI is InChI=1S/C17H20N4O5/c1-10-7-20(17(26)19-15(10)23)9-14(22)21(11(2)16(24)25)8-12-5-3-4-6-13(12)18/h3-7,11H,8-9,18H2,1-2H3,(H,24,25)(H,19,23,26)/t11-/m0/s1. The van der Waals surface area contributed by atoms with E-state index < -0.39 is 35.7 Å². The molecule has 0 bridgehead atoms. The summed E-state index contributed by atoms with van der Waals surface area (Å²) in [5.74, 6) is -1.77. The summed E-state index contributed by atoms with van der Waals surface area (Å²) in [5.41, 5.74) is 5.90. The number of carboxylic acid groups (broad SMARTS) is 1. The summed E-state index contributed by atoms with van der Waals surface area (Å²) in [6.07, 6.45) is 1.26. The van der Waals surface area contributed by atoms with Crippen molar-refractivity contribution in [3.8, 4) is 0 Å². The number of aryl methyl sites for hydroxylation is 1. The number of nitrogens with two attached hydrogens (primary N) is 1. The maximum Gasteiger partial charge on any atom is 0.328 e. The SMILES string of the molecule is Cc1cn(CC(=O)N(Cc2ccccc2N)[C@@H](C)C(=O)O)c(=O)[nH]c1=O. The van der Waals surface area contributed by atoms with Crippen molar-refractivity contribution in [2.45, 2.75) is 33.0 Å². The highest BCUT2D eigenvalue weighted by Crippen LogP contribution is 2.16. The number of H-pyrrole nitrogens is 1. The fourth-order valence-corrected chi connectivity index (χ4v) is 2.41. The fraction of sp³-hybridized carbons (Fsp3) is 0.294. The second-order valence-corrected chi connectivity index (χ2v) is 5.93. The molecular weight excluding hydrogens is 340 g/mol. The maximum atomic E-state index is 12.7. The van der Waals surface area contributed by atoms with E-state index in [2.05, 4.69) is 4.98 Å². The molecule has 0 saturated carbocycles. The third kappa shape index (κ3) is 4.18. The molecule has 1 atom stereocenters. The summed E-state index contributed by atoms with van der Waals surface area (Å²) in [6.45, 7) is 2.46. The molecule has 0 aliphatic carbocycles. The van der Waals surface area contributed by atoms with Crippen LogP contribution in [-0.2, 0) is 22.7 Å². The summed E-state index contributed by atoms with van der Waals surface area (Å²) in [6, 6.07) is 5.69. The van der Waals surface area contributed by atoms with Crippen LogP contribution in [0.3, 0.4) is 0 Å². The van der Waals surface area contributed by atoms with Crippen LogP contribution in [0.5, 0.6) is 0 Å². The van der Waals surface area contributed by atoms with E-state index in [1.165, 1.54) is 20.0 Å². The predicted octanol–water partition coefficient (Wildman–Crippen LogP) is -0.0709. The van der Waals surface area contributed by atoms with Crippen LogP contribution in [0.4, 0.5) is 5.69 Å². The lowest BCUT2D eigenvalue weighted by Crippen LogP contribution is -2.45. The van der Waals surface area contributed by atoms with E-state index in [9.17, 15) is 24.3 Å². The van der Waals surface area contributed by atoms with Gasteiger partial charge >= 0.3 is 11.7 Å². The molecule has 0 unspecified atom stereocenters. The zero-order valence-electron chi connectivity index (χ0n) is 14.4. The highest BCUT2D eigenvalue weighted by atomic mass is 16.4. The molecule has 0 saturated heterocycles. The van der Waals surface area contributed by atoms with E-state index in [4.69, 9.17) is 5.73 Å². The van der Waals surface area contributed by atoms with Crippen LogP contribution in [0, 0.1) is 6.92 Å². The summed E-state index contributed by atoms with van der Waals surface area (Å²) in [5, 5.41) is 9.31. The highest BCUT2D eigenvalue weighted by molar-refractivity contribution is 5.83. The normalized spacial score (nSPS) is 11.8. The maximum absolute atomic E-state index is 12.7. The van der Waals surface area contributed by atoms with Gasteiger partial charge in [-0.1, -0.05) is 18.2 Å². The van der Waals surface area contributed by atoms with Gasteiger partial charge in [0.2, 0.25) is 5.91 Å². The van der Waals surface area contributed by atoms with Gasteiger partial charge in [0.25, 0.3) is 5.56 Å². The number of anilines is 1. The van der Waals surface area contributed by atoms with E-state index >= 15 is 0 Å². The van der Waals surface area contributed by atoms with Gasteiger partial charge in [0, 0.05) is 24.0 Å². The van der Waals surface area contributed by atoms with Crippen LogP contribution < -0.4 is 17.0 Å². The Morgan fingerprint density at radius 2 is 1.96 bits per heavy atom. The van der Waals surface area contributed by atoms with Crippen LogP contribution in [0.2, 0.25) is 0 Å². The molecule has 0 fully saturated rings. The fourth-order valence-electron chi connectivity index (χ4n) is 2.41. The van der Waals surface area contributed by atoms with Gasteiger partial charge in [-0.15, -0.1) is 0 Å². The second-order valence-electron chi connectivity index (χ2n) is 5.93. The molecule has 4 N–H and O–H groups in total. The molecule has 1 aromatic heterocycles. The molecule has 26 heavy (non-hydrogen) atoms. The number of nitrogens with zero attached hydrogens (tertiary/aromatic N) is 2. The lowest BCUT2D eigenvalue weighted by atomic mass is 10.1. The van der Waals surface area contributed by atoms with Crippen molar-refractivity contribution in [1.29, 1.82) is 0 Å². The van der Waals surface area contributed by atoms with Gasteiger partial charge in [-0.3, -0.25) is 19.1 Å². The number of rotatable bonds is 6. The number of aromatic nitrogens is 2. The van der Waals surface area contributed by atoms with E-state index in [0.29, 0.717) is 11.3 Å². The average Bonchev–Trinajstić information content (AvgIpc) is 2.58. The number of aliphatic carboxylic acids is 1. The van der Waals surface area contributed by atoms with Crippen molar-refractivity contribution in [3.63, 3.8) is 0 Å². The Hall–Kier alpha value is -3.36. The van der Waals surface area contributed by atoms with E-state index in [-0.39, 0.29) is 12.1 Å². The first kappa shape index (κ1) is 19.0. The van der Waals surface area contributed by atoms with Crippen molar-refractivity contribution < 1.29 is 14.7 Å². The Morgan fingerprint density at radius 1 is 1.31 bits per heavy atom. The second kappa shape index (κ2) is 7.68. The molecule has 0 aliphatic heterocycles. The van der Waals surface area contributed by atoms with Gasteiger partial charge in [-0.2, -0.15) is 0 Å². The zero-order valence-corrected chi connectivity index (χ0v) is 14.4. The van der Waals surface area contributed by atoms with E-state index in [1.807, 2.05) is 0 Å². The highest BCUT2D eigenvalue weighted by Gasteiger charge is 2.26. The van der Waals surface area contributed by atoms with Crippen molar-refractivity contribution in [2.75, 3.05) is 5.73 Å². The minimum atomic E-state index is -1.18. The third-order valence-electron chi connectivity index (χ3n) is 4.04. The number of carboxylic acids is 1. The lowest BCUT2D eigenvalue weighted by molar-refractivity contribution is -0.150. The number of nitrogen functional groups attached to an aromatic ring is 1. The first-order valence-electron chi connectivity index (χ1n) is 7.86. The van der Waals surface area contributed by atoms with Crippen molar-refractivity contribution >= 4 is 17.6 Å². The predicted molar refractivity (Wildman–Crippen MR) is 94.6 cm³/mol. The molecular formula is C17H20N4O5. The number of carbonyl (C=O) groups excluding carboxylic acids is 1. The molecule has 9 heteroatoms. The summed E-state index contributed by atoms with van der Waals surface area (Å²) in [4.78, 5) is 50.6. The molecule has 0 aliphatic rings. The van der Waals surface area contributed by atoms with E-state index in [0.717, 1.165) is 9.47 Å². The van der Waals surface area contributed by atoms with Gasteiger partial charge in [-0.05, 0) is 25.5 Å². The molecule has 2 aromatic rings. The molecule has 1 aromatic carbocycles. The number of para-hydroxylation sites is 1. The first-order valence-corrected chi connectivity index (χ1v) is 7.86. The molecule has 9 nitrogen and oxygen atoms in total. The Bertz CT molecular complexity index is 947. The number of hydrogen-bond donors (Lipinski definition) is 3. The quantitative estimate of drug-likeness (QED) is 0.616. The van der Waals surface area contributed by atoms with Crippen LogP contribution in [-0.4, -0.2) is 37.5 Å². The number of carbonyl (C=O) groups is 2. The number of benzene rings is 1. The molecule has 1 heterocycles. The third-order valence-corrected chi connectivity index (χ3v) is 4.04. The topological polar surface area (TPSA) is 138 Å². The van der Waals surface area contributed by atoms with Gasteiger partial charge in [-0.25, -0.2) is 9.59 Å². The minimum absolute atomic E-state index is 0.0178. The summed E-state index contributed by atoms with van der Waals surface area (Å²) >= 11 is 0. The first-order chi connectivity index (χ1) is 12.2. The monoisotopic (exact) mass is 360 g/mol. The van der Waals surface area contributed by atoms with Crippen molar-refractivity contribution in [2.24, 2.45) is 0 Å². The van der Waals surface area contributed by atoms with Gasteiger partial charge in [0.05, 0.1) is 0 Å². The lowest BCUT2D eigenvalue weighted by Gasteiger charge is -2.27. The number of nitrogens with one attached hydrogen (secondary N) is 1. The number of hydrogen-bond acceptors (Lipinski definition) is 5. The van der Waals surface area contributed by atoms with E-state index in [1.54, 1.807) is 24.3 Å². The van der Waals surface area contributed by atoms with Crippen LogP contribution in [0.1, 0.15) is 18.1 Å². The minimum Gasteiger partial charge on any atom is -0.480 e. The summed E-state index contributed by atoms with van der Waals surface area (Å²) in [7, 11) is 0. The van der Waals surface area contributed by atoms with Crippen LogP contribution in [0.25, 0.3) is 0 Å². The Labute approximate surface area is 148 Å². The molecule has 2 rings (SSSR count). The largest absolute Gasteiger partial charge is 0.480 e. The Kier molecular flexibility index (Phi) is 5.61. The zero-order chi connectivity index (χ0) is 19.4. The average molecular weight is 360 g/mol. The molecule has 0 spiro atoms. The van der Waals surface area contributed by atoms with Gasteiger partial charge in [0.1, 0.15) is 12.6 Å². The van der Waals surface area contributed by atoms with Crippen molar-refractivity contribution in [1.82, 2.24) is 14.5 Å². The number of aromatic amines is 1. The molecule has 138 valence electrons. The molecule has 1 amide bonds. The Balaban J connectivity index is 2.33. The summed E-state index contributed by atoms with van der Waals surface area (Å²) < 4.78 is 1.04. The Morgan fingerprint density at radius 3 is 2.58 bits per heavy atom. The smallest absolute Gasteiger partial charge is 0.328 e. The van der Waals surface area contributed by atoms with Crippen LogP contribution in [0.15, 0.2) is 40.1 Å².